The number of nitrogens with one attached hydrogen (secondary N) is 1. The Hall–Kier alpha value is -3.02. The number of hydrogen-bond donors (Lipinski definition) is 3. The van der Waals surface area contributed by atoms with Crippen LogP contribution < -0.4 is 10.2 Å². The molecule has 31 heavy (non-hydrogen) atoms. The fourth-order valence-electron chi connectivity index (χ4n) is 4.81. The van der Waals surface area contributed by atoms with E-state index in [4.69, 9.17) is 0 Å². The number of carbonyl (C=O) groups excluding carboxylic acids is 2. The van der Waals surface area contributed by atoms with E-state index in [1.807, 2.05) is 23.1 Å². The van der Waals surface area contributed by atoms with Crippen LogP contribution in [0.15, 0.2) is 42.5 Å². The van der Waals surface area contributed by atoms with E-state index in [1.165, 1.54) is 24.1 Å². The Morgan fingerprint density at radius 3 is 2.58 bits per heavy atom. The normalized spacial score (nSPS) is 17.2. The predicted molar refractivity (Wildman–Crippen MR) is 119 cm³/mol. The molecule has 1 saturated carbocycles. The minimum absolute atomic E-state index is 0.00696. The van der Waals surface area contributed by atoms with Gasteiger partial charge in [0, 0.05) is 18.7 Å². The van der Waals surface area contributed by atoms with Crippen LogP contribution in [0.3, 0.4) is 0 Å². The molecule has 2 aliphatic rings. The van der Waals surface area contributed by atoms with Gasteiger partial charge in [0.2, 0.25) is 11.8 Å². The number of phenolic OH excluding ortho intramolecular Hbond substituents is 2. The largest absolute Gasteiger partial charge is 0.504 e. The fraction of sp³-hybridized carbons (Fsp3) is 0.440. The highest BCUT2D eigenvalue weighted by Crippen LogP contribution is 2.32. The second-order valence-corrected chi connectivity index (χ2v) is 8.63. The SMILES string of the molecule is O=C(CCc1ccc(O)c(O)c1)NC(C(=O)N1CCc2ccccc21)C1CCCCC1. The molecule has 6 nitrogen and oxygen atoms in total. The van der Waals surface area contributed by atoms with Gasteiger partial charge in [-0.05, 0) is 60.9 Å². The number of anilines is 1. The summed E-state index contributed by atoms with van der Waals surface area (Å²) in [5.74, 6) is -0.380. The van der Waals surface area contributed by atoms with Gasteiger partial charge < -0.3 is 20.4 Å². The number of benzene rings is 2. The minimum Gasteiger partial charge on any atom is -0.504 e. The van der Waals surface area contributed by atoms with Crippen molar-refractivity contribution in [3.63, 3.8) is 0 Å². The maximum Gasteiger partial charge on any atom is 0.249 e. The highest BCUT2D eigenvalue weighted by molar-refractivity contribution is 6.01. The molecule has 2 amide bonds. The number of para-hydroxylation sites is 1. The van der Waals surface area contributed by atoms with Crippen LogP contribution in [0.1, 0.15) is 49.7 Å². The molecule has 164 valence electrons. The highest BCUT2D eigenvalue weighted by Gasteiger charge is 2.36. The second-order valence-electron chi connectivity index (χ2n) is 8.63. The van der Waals surface area contributed by atoms with Gasteiger partial charge in [-0.2, -0.15) is 0 Å². The molecule has 1 aliphatic carbocycles. The first-order valence-electron chi connectivity index (χ1n) is 11.2. The molecule has 4 rings (SSSR count). The number of hydrogen-bond acceptors (Lipinski definition) is 4. The van der Waals surface area contributed by atoms with Crippen LogP contribution in [-0.4, -0.2) is 34.6 Å². The zero-order valence-corrected chi connectivity index (χ0v) is 17.7. The lowest BCUT2D eigenvalue weighted by Crippen LogP contribution is -2.52. The summed E-state index contributed by atoms with van der Waals surface area (Å²) >= 11 is 0. The van der Waals surface area contributed by atoms with Crippen LogP contribution in [0.2, 0.25) is 0 Å². The van der Waals surface area contributed by atoms with Crippen LogP contribution in [0.5, 0.6) is 11.5 Å². The van der Waals surface area contributed by atoms with Crippen LogP contribution >= 0.6 is 0 Å². The topological polar surface area (TPSA) is 89.9 Å². The average molecular weight is 423 g/mol. The Morgan fingerprint density at radius 2 is 1.81 bits per heavy atom. The minimum atomic E-state index is -0.507. The number of carbonyl (C=O) groups is 2. The molecule has 0 saturated heterocycles. The summed E-state index contributed by atoms with van der Waals surface area (Å²) < 4.78 is 0. The standard InChI is InChI=1S/C25H30N2O4/c28-21-12-10-17(16-22(21)29)11-13-23(30)26-24(19-7-2-1-3-8-19)25(31)27-15-14-18-6-4-5-9-20(18)27/h4-6,9-10,12,16,19,24,28-29H,1-3,7-8,11,13-15H2,(H,26,30). The van der Waals surface area contributed by atoms with Crippen molar-refractivity contribution in [3.05, 3.63) is 53.6 Å². The first-order chi connectivity index (χ1) is 15.0. The van der Waals surface area contributed by atoms with Crippen LogP contribution in [0.4, 0.5) is 5.69 Å². The van der Waals surface area contributed by atoms with Crippen molar-refractivity contribution in [2.45, 2.75) is 57.4 Å². The molecule has 0 spiro atoms. The van der Waals surface area contributed by atoms with Crippen LogP contribution in [0, 0.1) is 5.92 Å². The number of amides is 2. The van der Waals surface area contributed by atoms with Gasteiger partial charge in [-0.25, -0.2) is 0 Å². The third kappa shape index (κ3) is 4.84. The Labute approximate surface area is 182 Å². The highest BCUT2D eigenvalue weighted by atomic mass is 16.3. The lowest BCUT2D eigenvalue weighted by Gasteiger charge is -2.33. The predicted octanol–water partition coefficient (Wildman–Crippen LogP) is 3.68. The maximum absolute atomic E-state index is 13.5. The Bertz CT molecular complexity index is 952. The monoisotopic (exact) mass is 422 g/mol. The zero-order valence-electron chi connectivity index (χ0n) is 17.7. The van der Waals surface area contributed by atoms with Crippen molar-refractivity contribution >= 4 is 17.5 Å². The summed E-state index contributed by atoms with van der Waals surface area (Å²) in [7, 11) is 0. The molecule has 0 aromatic heterocycles. The number of aromatic hydroxyl groups is 2. The summed E-state index contributed by atoms with van der Waals surface area (Å²) in [6, 6.07) is 12.1. The molecule has 1 aliphatic heterocycles. The molecular weight excluding hydrogens is 392 g/mol. The number of fused-ring (bicyclic) bond motifs is 1. The molecule has 0 radical (unpaired) electrons. The number of aryl methyl sites for hydroxylation is 1. The van der Waals surface area contributed by atoms with Crippen LogP contribution in [0.25, 0.3) is 0 Å². The Morgan fingerprint density at radius 1 is 1.03 bits per heavy atom. The molecule has 1 atom stereocenters. The van der Waals surface area contributed by atoms with Gasteiger partial charge in [0.1, 0.15) is 6.04 Å². The molecule has 6 heteroatoms. The van der Waals surface area contributed by atoms with Gasteiger partial charge in [0.25, 0.3) is 0 Å². The number of phenols is 2. The van der Waals surface area contributed by atoms with Gasteiger partial charge in [-0.15, -0.1) is 0 Å². The summed E-state index contributed by atoms with van der Waals surface area (Å²) in [6.45, 7) is 0.657. The third-order valence-electron chi connectivity index (χ3n) is 6.54. The lowest BCUT2D eigenvalue weighted by molar-refractivity contribution is -0.129. The molecule has 2 aromatic rings. The van der Waals surface area contributed by atoms with E-state index < -0.39 is 6.04 Å². The summed E-state index contributed by atoms with van der Waals surface area (Å²) in [6.07, 6.45) is 6.77. The second kappa shape index (κ2) is 9.41. The van der Waals surface area contributed by atoms with Crippen molar-refractivity contribution in [1.82, 2.24) is 5.32 Å². The molecule has 1 fully saturated rings. The smallest absolute Gasteiger partial charge is 0.249 e. The Balaban J connectivity index is 1.45. The summed E-state index contributed by atoms with van der Waals surface area (Å²) in [4.78, 5) is 28.2. The molecule has 1 unspecified atom stereocenters. The van der Waals surface area contributed by atoms with Gasteiger partial charge in [-0.1, -0.05) is 43.5 Å². The molecule has 2 aromatic carbocycles. The first kappa shape index (κ1) is 21.2. The molecule has 1 heterocycles. The summed E-state index contributed by atoms with van der Waals surface area (Å²) in [5, 5.41) is 22.2. The van der Waals surface area contributed by atoms with E-state index in [0.29, 0.717) is 13.0 Å². The summed E-state index contributed by atoms with van der Waals surface area (Å²) in [5.41, 5.74) is 2.90. The van der Waals surface area contributed by atoms with Crippen molar-refractivity contribution in [2.24, 2.45) is 5.92 Å². The number of nitrogens with zero attached hydrogens (tertiary/aromatic N) is 1. The maximum atomic E-state index is 13.5. The van der Waals surface area contributed by atoms with Gasteiger partial charge in [0.05, 0.1) is 0 Å². The first-order valence-corrected chi connectivity index (χ1v) is 11.2. The Kier molecular flexibility index (Phi) is 6.44. The number of rotatable bonds is 6. The van der Waals surface area contributed by atoms with E-state index in [2.05, 4.69) is 11.4 Å². The quantitative estimate of drug-likeness (QED) is 0.620. The molecule has 0 bridgehead atoms. The van der Waals surface area contributed by atoms with E-state index in [9.17, 15) is 19.8 Å². The van der Waals surface area contributed by atoms with Crippen molar-refractivity contribution in [3.8, 4) is 11.5 Å². The third-order valence-corrected chi connectivity index (χ3v) is 6.54. The van der Waals surface area contributed by atoms with Crippen molar-refractivity contribution < 1.29 is 19.8 Å². The fourth-order valence-corrected chi connectivity index (χ4v) is 4.81. The van der Waals surface area contributed by atoms with E-state index in [1.54, 1.807) is 6.07 Å². The van der Waals surface area contributed by atoms with Crippen molar-refractivity contribution in [1.29, 1.82) is 0 Å². The molecule has 3 N–H and O–H groups in total. The van der Waals surface area contributed by atoms with E-state index >= 15 is 0 Å². The molecular formula is C25H30N2O4. The van der Waals surface area contributed by atoms with Gasteiger partial charge >= 0.3 is 0 Å². The van der Waals surface area contributed by atoms with Crippen LogP contribution in [-0.2, 0) is 22.4 Å². The van der Waals surface area contributed by atoms with E-state index in [0.717, 1.165) is 43.4 Å². The average Bonchev–Trinajstić information content (AvgIpc) is 3.22. The zero-order chi connectivity index (χ0) is 21.8. The lowest BCUT2D eigenvalue weighted by atomic mass is 9.83. The van der Waals surface area contributed by atoms with E-state index in [-0.39, 0.29) is 35.7 Å². The van der Waals surface area contributed by atoms with Gasteiger partial charge in [-0.3, -0.25) is 9.59 Å². The van der Waals surface area contributed by atoms with Gasteiger partial charge in [0.15, 0.2) is 11.5 Å². The van der Waals surface area contributed by atoms with Crippen molar-refractivity contribution in [2.75, 3.05) is 11.4 Å².